The van der Waals surface area contributed by atoms with Crippen molar-refractivity contribution in [1.82, 2.24) is 4.98 Å². The SMILES string of the molecule is COc1ccc(NC(=O)CCc2ncc(-c3cccc(Br)c3)o2)cc1. The van der Waals surface area contributed by atoms with E-state index in [1.165, 1.54) is 0 Å². The van der Waals surface area contributed by atoms with E-state index in [0.717, 1.165) is 21.5 Å². The smallest absolute Gasteiger partial charge is 0.224 e. The van der Waals surface area contributed by atoms with Gasteiger partial charge in [0.2, 0.25) is 5.91 Å². The second-order valence-corrected chi connectivity index (χ2v) is 6.32. The number of oxazole rings is 1. The number of nitrogens with one attached hydrogen (secondary N) is 1. The maximum Gasteiger partial charge on any atom is 0.224 e. The molecule has 0 saturated heterocycles. The number of methoxy groups -OCH3 is 1. The lowest BCUT2D eigenvalue weighted by molar-refractivity contribution is -0.116. The van der Waals surface area contributed by atoms with E-state index in [1.54, 1.807) is 37.6 Å². The van der Waals surface area contributed by atoms with E-state index in [0.29, 0.717) is 24.5 Å². The van der Waals surface area contributed by atoms with E-state index >= 15 is 0 Å². The number of ether oxygens (including phenoxy) is 1. The van der Waals surface area contributed by atoms with Gasteiger partial charge in [-0.2, -0.15) is 0 Å². The van der Waals surface area contributed by atoms with Crippen LogP contribution >= 0.6 is 15.9 Å². The van der Waals surface area contributed by atoms with Crippen molar-refractivity contribution in [3.05, 3.63) is 65.1 Å². The number of nitrogens with zero attached hydrogens (tertiary/aromatic N) is 1. The highest BCUT2D eigenvalue weighted by Crippen LogP contribution is 2.24. The molecule has 128 valence electrons. The molecule has 0 saturated carbocycles. The van der Waals surface area contributed by atoms with Crippen molar-refractivity contribution in [1.29, 1.82) is 0 Å². The molecule has 1 N–H and O–H groups in total. The molecule has 0 fully saturated rings. The van der Waals surface area contributed by atoms with Crippen LogP contribution in [-0.2, 0) is 11.2 Å². The van der Waals surface area contributed by atoms with Gasteiger partial charge in [-0.3, -0.25) is 4.79 Å². The molecule has 0 bridgehead atoms. The fraction of sp³-hybridized carbons (Fsp3) is 0.158. The molecule has 0 aliphatic heterocycles. The average molecular weight is 401 g/mol. The first kappa shape index (κ1) is 17.2. The van der Waals surface area contributed by atoms with E-state index in [2.05, 4.69) is 26.2 Å². The fourth-order valence-corrected chi connectivity index (χ4v) is 2.72. The highest BCUT2D eigenvalue weighted by molar-refractivity contribution is 9.10. The van der Waals surface area contributed by atoms with Gasteiger partial charge in [0.15, 0.2) is 11.7 Å². The van der Waals surface area contributed by atoms with Crippen LogP contribution < -0.4 is 10.1 Å². The summed E-state index contributed by atoms with van der Waals surface area (Å²) in [5.74, 6) is 1.89. The van der Waals surface area contributed by atoms with E-state index in [4.69, 9.17) is 9.15 Å². The van der Waals surface area contributed by atoms with Gasteiger partial charge in [0.25, 0.3) is 0 Å². The van der Waals surface area contributed by atoms with E-state index in [-0.39, 0.29) is 5.91 Å². The molecule has 3 aromatic rings. The Morgan fingerprint density at radius 1 is 1.24 bits per heavy atom. The summed E-state index contributed by atoms with van der Waals surface area (Å²) in [6.45, 7) is 0. The van der Waals surface area contributed by atoms with Gasteiger partial charge in [-0.1, -0.05) is 28.1 Å². The zero-order valence-electron chi connectivity index (χ0n) is 13.7. The van der Waals surface area contributed by atoms with Crippen LogP contribution in [0.3, 0.4) is 0 Å². The lowest BCUT2D eigenvalue weighted by Crippen LogP contribution is -2.12. The standard InChI is InChI=1S/C19H17BrN2O3/c1-24-16-7-5-15(6-8-16)22-18(23)9-10-19-21-12-17(25-19)13-3-2-4-14(20)11-13/h2-8,11-12H,9-10H2,1H3,(H,22,23). The van der Waals surface area contributed by atoms with Gasteiger partial charge in [0, 0.05) is 28.6 Å². The Morgan fingerprint density at radius 2 is 2.04 bits per heavy atom. The molecular formula is C19H17BrN2O3. The molecule has 0 radical (unpaired) electrons. The van der Waals surface area contributed by atoms with Crippen molar-refractivity contribution >= 4 is 27.5 Å². The normalized spacial score (nSPS) is 10.5. The monoisotopic (exact) mass is 400 g/mol. The van der Waals surface area contributed by atoms with Crippen molar-refractivity contribution in [2.45, 2.75) is 12.8 Å². The van der Waals surface area contributed by atoms with Gasteiger partial charge in [-0.05, 0) is 36.4 Å². The molecule has 6 heteroatoms. The third-order valence-corrected chi connectivity index (χ3v) is 4.10. The van der Waals surface area contributed by atoms with E-state index in [1.807, 2.05) is 24.3 Å². The second kappa shape index (κ2) is 7.98. The Kier molecular flexibility index (Phi) is 5.50. The number of aryl methyl sites for hydroxylation is 1. The number of anilines is 1. The molecule has 1 heterocycles. The summed E-state index contributed by atoms with van der Waals surface area (Å²) in [6.07, 6.45) is 2.42. The number of carbonyl (C=O) groups excluding carboxylic acids is 1. The van der Waals surface area contributed by atoms with Crippen LogP contribution in [0.2, 0.25) is 0 Å². The molecule has 2 aromatic carbocycles. The molecule has 1 aromatic heterocycles. The van der Waals surface area contributed by atoms with Crippen molar-refractivity contribution in [3.8, 4) is 17.1 Å². The Morgan fingerprint density at radius 3 is 2.76 bits per heavy atom. The highest BCUT2D eigenvalue weighted by atomic mass is 79.9. The number of hydrogen-bond acceptors (Lipinski definition) is 4. The maximum atomic E-state index is 12.0. The summed E-state index contributed by atoms with van der Waals surface area (Å²) in [4.78, 5) is 16.3. The van der Waals surface area contributed by atoms with Gasteiger partial charge in [-0.25, -0.2) is 4.98 Å². The number of halogens is 1. The molecule has 0 aliphatic rings. The molecular weight excluding hydrogens is 384 g/mol. The first-order valence-corrected chi connectivity index (χ1v) is 8.58. The maximum absolute atomic E-state index is 12.0. The number of benzene rings is 2. The number of hydrogen-bond donors (Lipinski definition) is 1. The van der Waals surface area contributed by atoms with Gasteiger partial charge in [0.05, 0.1) is 13.3 Å². The van der Waals surface area contributed by atoms with Crippen molar-refractivity contribution in [2.75, 3.05) is 12.4 Å². The van der Waals surface area contributed by atoms with E-state index < -0.39 is 0 Å². The molecule has 25 heavy (non-hydrogen) atoms. The van der Waals surface area contributed by atoms with Crippen LogP contribution in [-0.4, -0.2) is 18.0 Å². The lowest BCUT2D eigenvalue weighted by atomic mass is 10.2. The first-order valence-electron chi connectivity index (χ1n) is 7.78. The molecule has 3 rings (SSSR count). The zero-order valence-corrected chi connectivity index (χ0v) is 15.2. The highest BCUT2D eigenvalue weighted by Gasteiger charge is 2.09. The summed E-state index contributed by atoms with van der Waals surface area (Å²) in [7, 11) is 1.60. The van der Waals surface area contributed by atoms with Crippen LogP contribution in [0.25, 0.3) is 11.3 Å². The Hall–Kier alpha value is -2.60. The predicted molar refractivity (Wildman–Crippen MR) is 99.6 cm³/mol. The topological polar surface area (TPSA) is 64.4 Å². The number of carbonyl (C=O) groups is 1. The van der Waals surface area contributed by atoms with Crippen molar-refractivity contribution in [2.24, 2.45) is 0 Å². The Bertz CT molecular complexity index is 859. The number of amides is 1. The fourth-order valence-electron chi connectivity index (χ4n) is 2.32. The zero-order chi connectivity index (χ0) is 17.6. The molecule has 0 atom stereocenters. The molecule has 1 amide bonds. The van der Waals surface area contributed by atoms with E-state index in [9.17, 15) is 4.79 Å². The summed E-state index contributed by atoms with van der Waals surface area (Å²) in [5.41, 5.74) is 1.67. The van der Waals surface area contributed by atoms with Crippen LogP contribution in [0.15, 0.2) is 63.6 Å². The molecule has 5 nitrogen and oxygen atoms in total. The van der Waals surface area contributed by atoms with Gasteiger partial charge >= 0.3 is 0 Å². The van der Waals surface area contributed by atoms with Crippen molar-refractivity contribution < 1.29 is 13.9 Å². The number of aromatic nitrogens is 1. The van der Waals surface area contributed by atoms with Gasteiger partial charge in [0.1, 0.15) is 5.75 Å². The lowest BCUT2D eigenvalue weighted by Gasteiger charge is -2.05. The van der Waals surface area contributed by atoms with Crippen LogP contribution in [0.4, 0.5) is 5.69 Å². The third kappa shape index (κ3) is 4.70. The largest absolute Gasteiger partial charge is 0.497 e. The first-order chi connectivity index (χ1) is 12.1. The molecule has 0 aliphatic carbocycles. The second-order valence-electron chi connectivity index (χ2n) is 5.41. The Labute approximate surface area is 154 Å². The minimum absolute atomic E-state index is 0.0904. The quantitative estimate of drug-likeness (QED) is 0.651. The molecule has 0 spiro atoms. The summed E-state index contributed by atoms with van der Waals surface area (Å²) >= 11 is 3.43. The summed E-state index contributed by atoms with van der Waals surface area (Å²) in [5, 5.41) is 2.84. The van der Waals surface area contributed by atoms with Crippen LogP contribution in [0, 0.1) is 0 Å². The summed E-state index contributed by atoms with van der Waals surface area (Å²) < 4.78 is 11.8. The predicted octanol–water partition coefficient (Wildman–Crippen LogP) is 4.68. The minimum Gasteiger partial charge on any atom is -0.497 e. The number of rotatable bonds is 6. The van der Waals surface area contributed by atoms with Gasteiger partial charge in [-0.15, -0.1) is 0 Å². The minimum atomic E-state index is -0.0904. The average Bonchev–Trinajstić information content (AvgIpc) is 3.10. The summed E-state index contributed by atoms with van der Waals surface area (Å²) in [6, 6.07) is 15.0. The van der Waals surface area contributed by atoms with Gasteiger partial charge < -0.3 is 14.5 Å². The van der Waals surface area contributed by atoms with Crippen LogP contribution in [0.1, 0.15) is 12.3 Å². The van der Waals surface area contributed by atoms with Crippen molar-refractivity contribution in [3.63, 3.8) is 0 Å². The van der Waals surface area contributed by atoms with Crippen LogP contribution in [0.5, 0.6) is 5.75 Å². The third-order valence-electron chi connectivity index (χ3n) is 3.60. The molecule has 0 unspecified atom stereocenters. The Balaban J connectivity index is 1.55.